The van der Waals surface area contributed by atoms with Gasteiger partial charge in [0.15, 0.2) is 17.5 Å². The molecule has 24 heavy (non-hydrogen) atoms. The molecule has 0 bridgehead atoms. The quantitative estimate of drug-likeness (QED) is 0.315. The number of aliphatic imine (C=N–C) groups is 1. The lowest BCUT2D eigenvalue weighted by Crippen LogP contribution is -2.23. The number of ether oxygens (including phenoxy) is 1. The van der Waals surface area contributed by atoms with Crippen LogP contribution in [0.1, 0.15) is 11.1 Å². The number of aryl methyl sites for hydroxylation is 2. The van der Waals surface area contributed by atoms with E-state index in [2.05, 4.69) is 16.4 Å². The average Bonchev–Trinajstić information content (AvgIpc) is 2.44. The third-order valence-corrected chi connectivity index (χ3v) is 3.02. The van der Waals surface area contributed by atoms with Crippen LogP contribution in [-0.4, -0.2) is 19.1 Å². The normalized spacial score (nSPS) is 10.9. The maximum absolute atomic E-state index is 13.4. The van der Waals surface area contributed by atoms with Gasteiger partial charge in [0, 0.05) is 11.8 Å². The lowest BCUT2D eigenvalue weighted by atomic mass is 10.1. The molecule has 0 atom stereocenters. The molecule has 0 aliphatic rings. The van der Waals surface area contributed by atoms with Gasteiger partial charge >= 0.3 is 0 Å². The fourth-order valence-corrected chi connectivity index (χ4v) is 2.15. The summed E-state index contributed by atoms with van der Waals surface area (Å²) >= 11 is 0. The number of nitrogens with two attached hydrogens (primary N) is 1. The van der Waals surface area contributed by atoms with E-state index in [1.807, 2.05) is 26.0 Å². The molecule has 0 aliphatic heterocycles. The van der Waals surface area contributed by atoms with Gasteiger partial charge in [-0.25, -0.2) is 13.8 Å². The van der Waals surface area contributed by atoms with Crippen LogP contribution < -0.4 is 15.8 Å². The first-order valence-electron chi connectivity index (χ1n) is 7.17. The highest BCUT2D eigenvalue weighted by molar-refractivity contribution is 14.0. The van der Waals surface area contributed by atoms with Crippen LogP contribution in [0.5, 0.6) is 5.75 Å². The number of hydrogen-bond acceptors (Lipinski definition) is 2. The number of nitrogens with zero attached hydrogens (tertiary/aromatic N) is 1. The van der Waals surface area contributed by atoms with E-state index in [0.717, 1.165) is 28.9 Å². The summed E-state index contributed by atoms with van der Waals surface area (Å²) in [5, 5.41) is 2.99. The van der Waals surface area contributed by atoms with Gasteiger partial charge in [-0.05, 0) is 49.2 Å². The van der Waals surface area contributed by atoms with E-state index >= 15 is 0 Å². The first-order chi connectivity index (χ1) is 10.9. The molecule has 7 heteroatoms. The highest BCUT2D eigenvalue weighted by Crippen LogP contribution is 2.17. The van der Waals surface area contributed by atoms with Crippen molar-refractivity contribution < 1.29 is 13.5 Å². The maximum atomic E-state index is 13.4. The second-order valence-electron chi connectivity index (χ2n) is 5.19. The second kappa shape index (κ2) is 9.41. The highest BCUT2D eigenvalue weighted by Gasteiger charge is 2.04. The minimum Gasteiger partial charge on any atom is -0.489 e. The zero-order valence-corrected chi connectivity index (χ0v) is 15.8. The van der Waals surface area contributed by atoms with Crippen LogP contribution in [0, 0.1) is 25.5 Å². The number of benzene rings is 2. The van der Waals surface area contributed by atoms with Crippen molar-refractivity contribution in [3.63, 3.8) is 0 Å². The molecule has 0 heterocycles. The van der Waals surface area contributed by atoms with E-state index in [4.69, 9.17) is 10.5 Å². The van der Waals surface area contributed by atoms with Gasteiger partial charge in [-0.2, -0.15) is 0 Å². The number of nitrogens with one attached hydrogen (secondary N) is 1. The first kappa shape index (κ1) is 20.1. The summed E-state index contributed by atoms with van der Waals surface area (Å²) in [6, 6.07) is 9.13. The number of guanidine groups is 1. The van der Waals surface area contributed by atoms with Crippen molar-refractivity contribution in [1.29, 1.82) is 0 Å². The molecule has 0 amide bonds. The summed E-state index contributed by atoms with van der Waals surface area (Å²) in [7, 11) is 0. The summed E-state index contributed by atoms with van der Waals surface area (Å²) < 4.78 is 31.3. The summed E-state index contributed by atoms with van der Waals surface area (Å²) in [4.78, 5) is 4.10. The highest BCUT2D eigenvalue weighted by atomic mass is 127. The zero-order chi connectivity index (χ0) is 16.8. The van der Waals surface area contributed by atoms with Gasteiger partial charge in [-0.15, -0.1) is 24.0 Å². The summed E-state index contributed by atoms with van der Waals surface area (Å²) in [6.07, 6.45) is 0. The van der Waals surface area contributed by atoms with Gasteiger partial charge in [0.25, 0.3) is 0 Å². The molecular formula is C17H20F2IN3O. The minimum atomic E-state index is -0.740. The van der Waals surface area contributed by atoms with Gasteiger partial charge < -0.3 is 15.8 Å². The van der Waals surface area contributed by atoms with Crippen molar-refractivity contribution in [2.24, 2.45) is 10.7 Å². The third kappa shape index (κ3) is 6.31. The van der Waals surface area contributed by atoms with Crippen molar-refractivity contribution in [2.45, 2.75) is 13.8 Å². The number of halogens is 3. The smallest absolute Gasteiger partial charge is 0.193 e. The fraction of sp³-hybridized carbons (Fsp3) is 0.235. The van der Waals surface area contributed by atoms with Crippen molar-refractivity contribution >= 4 is 35.6 Å². The standard InChI is InChI=1S/C17H19F2N3O.HI/c1-11-7-12(2)9-14(8-11)22-17(20)21-5-6-23-16-4-3-13(18)10-15(16)19;/h3-4,7-10H,5-6H2,1-2H3,(H3,20,21,22);1H. The Morgan fingerprint density at radius 1 is 1.12 bits per heavy atom. The molecule has 3 N–H and O–H groups in total. The van der Waals surface area contributed by atoms with Crippen LogP contribution in [0.15, 0.2) is 41.4 Å². The molecule has 2 aromatic rings. The Labute approximate surface area is 157 Å². The zero-order valence-electron chi connectivity index (χ0n) is 13.5. The molecule has 2 rings (SSSR count). The summed E-state index contributed by atoms with van der Waals surface area (Å²) in [5.41, 5.74) is 8.89. The Balaban J connectivity index is 0.00000288. The molecule has 0 aromatic heterocycles. The monoisotopic (exact) mass is 447 g/mol. The Morgan fingerprint density at radius 2 is 1.79 bits per heavy atom. The van der Waals surface area contributed by atoms with E-state index in [0.29, 0.717) is 0 Å². The van der Waals surface area contributed by atoms with Crippen molar-refractivity contribution in [3.8, 4) is 5.75 Å². The molecule has 0 fully saturated rings. The van der Waals surface area contributed by atoms with Crippen molar-refractivity contribution in [2.75, 3.05) is 18.5 Å². The molecule has 0 spiro atoms. The van der Waals surface area contributed by atoms with Gasteiger partial charge in [-0.3, -0.25) is 0 Å². The number of rotatable bonds is 5. The minimum absolute atomic E-state index is 0. The average molecular weight is 447 g/mol. The maximum Gasteiger partial charge on any atom is 0.193 e. The van der Waals surface area contributed by atoms with Crippen molar-refractivity contribution in [3.05, 3.63) is 59.2 Å². The second-order valence-corrected chi connectivity index (χ2v) is 5.19. The lowest BCUT2D eigenvalue weighted by molar-refractivity contribution is 0.310. The van der Waals surface area contributed by atoms with Gasteiger partial charge in [0.1, 0.15) is 12.4 Å². The van der Waals surface area contributed by atoms with E-state index in [9.17, 15) is 8.78 Å². The van der Waals surface area contributed by atoms with E-state index < -0.39 is 11.6 Å². The molecule has 0 unspecified atom stereocenters. The fourth-order valence-electron chi connectivity index (χ4n) is 2.15. The summed E-state index contributed by atoms with van der Waals surface area (Å²) in [5.74, 6) is -1.15. The Morgan fingerprint density at radius 3 is 2.42 bits per heavy atom. The Kier molecular flexibility index (Phi) is 7.90. The molecular weight excluding hydrogens is 427 g/mol. The third-order valence-electron chi connectivity index (χ3n) is 3.02. The van der Waals surface area contributed by atoms with Gasteiger partial charge in [0.2, 0.25) is 0 Å². The topological polar surface area (TPSA) is 59.6 Å². The predicted octanol–water partition coefficient (Wildman–Crippen LogP) is 4.01. The van der Waals surface area contributed by atoms with Crippen LogP contribution in [-0.2, 0) is 0 Å². The van der Waals surface area contributed by atoms with E-state index in [1.165, 1.54) is 6.07 Å². The number of hydrogen-bond donors (Lipinski definition) is 2. The first-order valence-corrected chi connectivity index (χ1v) is 7.17. The van der Waals surface area contributed by atoms with Crippen LogP contribution in [0.2, 0.25) is 0 Å². The number of anilines is 1. The Hall–Kier alpha value is -1.90. The predicted molar refractivity (Wildman–Crippen MR) is 103 cm³/mol. The van der Waals surface area contributed by atoms with Crippen LogP contribution in [0.3, 0.4) is 0 Å². The Bertz CT molecular complexity index is 703. The van der Waals surface area contributed by atoms with Crippen LogP contribution >= 0.6 is 24.0 Å². The van der Waals surface area contributed by atoms with Crippen molar-refractivity contribution in [1.82, 2.24) is 0 Å². The molecule has 4 nitrogen and oxygen atoms in total. The molecule has 0 aliphatic carbocycles. The van der Waals surface area contributed by atoms with E-state index in [-0.39, 0.29) is 48.8 Å². The molecule has 0 saturated carbocycles. The SMILES string of the molecule is Cc1cc(C)cc(NC(N)=NCCOc2ccc(F)cc2F)c1.I. The molecule has 130 valence electrons. The van der Waals surface area contributed by atoms with Gasteiger partial charge in [-0.1, -0.05) is 6.07 Å². The molecule has 2 aromatic carbocycles. The van der Waals surface area contributed by atoms with E-state index in [1.54, 1.807) is 0 Å². The van der Waals surface area contributed by atoms with Gasteiger partial charge in [0.05, 0.1) is 6.54 Å². The van der Waals surface area contributed by atoms with Crippen LogP contribution in [0.25, 0.3) is 0 Å². The summed E-state index contributed by atoms with van der Waals surface area (Å²) in [6.45, 7) is 4.38. The largest absolute Gasteiger partial charge is 0.489 e. The van der Waals surface area contributed by atoms with Crippen LogP contribution in [0.4, 0.5) is 14.5 Å². The molecule has 0 saturated heterocycles. The molecule has 0 radical (unpaired) electrons. The lowest BCUT2D eigenvalue weighted by Gasteiger charge is -2.09.